The Kier molecular flexibility index (Phi) is 1.75. The first-order valence-corrected chi connectivity index (χ1v) is 4.41. The van der Waals surface area contributed by atoms with E-state index in [1.165, 1.54) is 4.68 Å². The predicted octanol–water partition coefficient (Wildman–Crippen LogP) is 1.71. The molecule has 0 fully saturated rings. The average Bonchev–Trinajstić information content (AvgIpc) is 2.41. The van der Waals surface area contributed by atoms with E-state index in [0.29, 0.717) is 14.6 Å². The third-order valence-corrected chi connectivity index (χ3v) is 2.49. The molecule has 0 saturated carbocycles. The van der Waals surface area contributed by atoms with Crippen LogP contribution in [0.3, 0.4) is 0 Å². The fourth-order valence-corrected chi connectivity index (χ4v) is 1.51. The van der Waals surface area contributed by atoms with Crippen LogP contribution in [-0.2, 0) is 7.05 Å². The average molecular weight is 277 g/mol. The molecule has 0 atom stereocenters. The number of rotatable bonds is 0. The van der Waals surface area contributed by atoms with E-state index < -0.39 is 0 Å². The van der Waals surface area contributed by atoms with Crippen molar-refractivity contribution in [3.05, 3.63) is 21.5 Å². The number of hydrogen-bond donors (Lipinski definition) is 0. The van der Waals surface area contributed by atoms with Crippen LogP contribution in [0.1, 0.15) is 0 Å². The van der Waals surface area contributed by atoms with Crippen LogP contribution in [0.4, 0.5) is 4.39 Å². The van der Waals surface area contributed by atoms with E-state index in [2.05, 4.69) is 10.3 Å². The van der Waals surface area contributed by atoms with Crippen molar-refractivity contribution >= 4 is 33.6 Å². The summed E-state index contributed by atoms with van der Waals surface area (Å²) < 4.78 is 15.4. The van der Waals surface area contributed by atoms with Crippen LogP contribution in [0.5, 0.6) is 0 Å². The molecular weight excluding hydrogens is 272 g/mol. The first-order valence-electron chi connectivity index (χ1n) is 3.33. The summed E-state index contributed by atoms with van der Waals surface area (Å²) >= 11 is 1.94. The van der Waals surface area contributed by atoms with Gasteiger partial charge in [-0.3, -0.25) is 0 Å². The first-order chi connectivity index (χ1) is 5.70. The zero-order chi connectivity index (χ0) is 8.72. The number of hydrogen-bond acceptors (Lipinski definition) is 2. The van der Waals surface area contributed by atoms with Gasteiger partial charge in [0.05, 0.1) is 3.57 Å². The number of benzene rings is 1. The molecule has 0 unspecified atom stereocenters. The smallest absolute Gasteiger partial charge is 0.164 e. The Morgan fingerprint density at radius 2 is 2.25 bits per heavy atom. The fraction of sp³-hybridized carbons (Fsp3) is 0.143. The molecule has 1 heterocycles. The van der Waals surface area contributed by atoms with Crippen molar-refractivity contribution in [3.63, 3.8) is 0 Å². The van der Waals surface area contributed by atoms with Crippen LogP contribution in [0.25, 0.3) is 11.0 Å². The number of nitrogens with zero attached hydrogens (tertiary/aromatic N) is 3. The van der Waals surface area contributed by atoms with E-state index >= 15 is 0 Å². The van der Waals surface area contributed by atoms with Crippen molar-refractivity contribution in [1.29, 1.82) is 0 Å². The van der Waals surface area contributed by atoms with Crippen LogP contribution >= 0.6 is 22.6 Å². The van der Waals surface area contributed by atoms with Crippen molar-refractivity contribution in [1.82, 2.24) is 15.0 Å². The molecule has 0 amide bonds. The molecule has 5 heteroatoms. The molecule has 0 aliphatic heterocycles. The van der Waals surface area contributed by atoms with Crippen LogP contribution in [-0.4, -0.2) is 15.0 Å². The van der Waals surface area contributed by atoms with Gasteiger partial charge in [-0.1, -0.05) is 5.21 Å². The third kappa shape index (κ3) is 0.996. The highest BCUT2D eigenvalue weighted by atomic mass is 127. The van der Waals surface area contributed by atoms with E-state index in [1.54, 1.807) is 19.2 Å². The van der Waals surface area contributed by atoms with Gasteiger partial charge in [-0.2, -0.15) is 0 Å². The first kappa shape index (κ1) is 7.90. The Morgan fingerprint density at radius 1 is 1.50 bits per heavy atom. The molecule has 62 valence electrons. The lowest BCUT2D eigenvalue weighted by Gasteiger charge is -1.95. The summed E-state index contributed by atoms with van der Waals surface area (Å²) in [5.41, 5.74) is 1.05. The van der Waals surface area contributed by atoms with Gasteiger partial charge in [-0.15, -0.1) is 5.10 Å². The lowest BCUT2D eigenvalue weighted by atomic mass is 10.3. The molecule has 3 nitrogen and oxygen atoms in total. The zero-order valence-corrected chi connectivity index (χ0v) is 8.41. The molecule has 0 spiro atoms. The maximum Gasteiger partial charge on any atom is 0.164 e. The van der Waals surface area contributed by atoms with Crippen molar-refractivity contribution < 1.29 is 4.39 Å². The zero-order valence-electron chi connectivity index (χ0n) is 6.25. The summed E-state index contributed by atoms with van der Waals surface area (Å²) in [6.07, 6.45) is 0. The Hall–Kier alpha value is -0.720. The second-order valence-corrected chi connectivity index (χ2v) is 3.60. The maximum absolute atomic E-state index is 13.4. The SMILES string of the molecule is Cn1nnc2ccc(I)c(F)c21. The monoisotopic (exact) mass is 277 g/mol. The standard InChI is InChI=1S/C7H5FIN3/c1-12-7-5(10-11-12)3-2-4(9)6(7)8/h2-3H,1H3. The van der Waals surface area contributed by atoms with Crippen molar-refractivity contribution in [2.24, 2.45) is 7.05 Å². The van der Waals surface area contributed by atoms with Gasteiger partial charge in [0.25, 0.3) is 0 Å². The van der Waals surface area contributed by atoms with E-state index in [4.69, 9.17) is 0 Å². The van der Waals surface area contributed by atoms with Crippen LogP contribution < -0.4 is 0 Å². The second kappa shape index (κ2) is 2.65. The molecule has 1 aromatic heterocycles. The molecule has 0 bridgehead atoms. The normalized spacial score (nSPS) is 10.9. The number of halogens is 2. The summed E-state index contributed by atoms with van der Waals surface area (Å²) in [5.74, 6) is -0.249. The summed E-state index contributed by atoms with van der Waals surface area (Å²) in [7, 11) is 1.68. The topological polar surface area (TPSA) is 30.7 Å². The van der Waals surface area contributed by atoms with Gasteiger partial charge >= 0.3 is 0 Å². The van der Waals surface area contributed by atoms with E-state index in [0.717, 1.165) is 0 Å². The van der Waals surface area contributed by atoms with Crippen molar-refractivity contribution in [3.8, 4) is 0 Å². The van der Waals surface area contributed by atoms with E-state index in [9.17, 15) is 4.39 Å². The van der Waals surface area contributed by atoms with Gasteiger partial charge in [0.1, 0.15) is 11.0 Å². The molecule has 2 rings (SSSR count). The maximum atomic E-state index is 13.4. The summed E-state index contributed by atoms with van der Waals surface area (Å²) in [6.45, 7) is 0. The fourth-order valence-electron chi connectivity index (χ4n) is 1.08. The van der Waals surface area contributed by atoms with Gasteiger partial charge in [-0.25, -0.2) is 9.07 Å². The molecule has 2 aromatic rings. The lowest BCUT2D eigenvalue weighted by molar-refractivity contribution is 0.616. The molecule has 12 heavy (non-hydrogen) atoms. The van der Waals surface area contributed by atoms with Crippen molar-refractivity contribution in [2.45, 2.75) is 0 Å². The van der Waals surface area contributed by atoms with Crippen LogP contribution in [0, 0.1) is 9.39 Å². The molecule has 0 N–H and O–H groups in total. The molecule has 0 radical (unpaired) electrons. The predicted molar refractivity (Wildman–Crippen MR) is 51.2 cm³/mol. The molecule has 0 saturated heterocycles. The summed E-state index contributed by atoms with van der Waals surface area (Å²) in [5, 5.41) is 7.51. The number of aryl methyl sites for hydroxylation is 1. The molecular formula is C7H5FIN3. The third-order valence-electron chi connectivity index (χ3n) is 1.66. The Balaban J connectivity index is 2.96. The minimum absolute atomic E-state index is 0.249. The molecule has 1 aromatic carbocycles. The Bertz CT molecular complexity index is 437. The van der Waals surface area contributed by atoms with E-state index in [-0.39, 0.29) is 5.82 Å². The Morgan fingerprint density at radius 3 is 3.00 bits per heavy atom. The van der Waals surface area contributed by atoms with Crippen molar-refractivity contribution in [2.75, 3.05) is 0 Å². The van der Waals surface area contributed by atoms with Gasteiger partial charge in [0.2, 0.25) is 0 Å². The lowest BCUT2D eigenvalue weighted by Crippen LogP contribution is -1.93. The highest BCUT2D eigenvalue weighted by Crippen LogP contribution is 2.19. The largest absolute Gasteiger partial charge is 0.245 e. The highest BCUT2D eigenvalue weighted by molar-refractivity contribution is 14.1. The van der Waals surface area contributed by atoms with Gasteiger partial charge in [0, 0.05) is 7.05 Å². The Labute approximate surface area is 81.7 Å². The van der Waals surface area contributed by atoms with Gasteiger partial charge < -0.3 is 0 Å². The van der Waals surface area contributed by atoms with Gasteiger partial charge in [0.15, 0.2) is 5.82 Å². The minimum Gasteiger partial charge on any atom is -0.245 e. The highest BCUT2D eigenvalue weighted by Gasteiger charge is 2.09. The molecule has 0 aliphatic rings. The number of fused-ring (bicyclic) bond motifs is 1. The summed E-state index contributed by atoms with van der Waals surface area (Å²) in [6, 6.07) is 3.44. The second-order valence-electron chi connectivity index (χ2n) is 2.44. The van der Waals surface area contributed by atoms with E-state index in [1.807, 2.05) is 22.6 Å². The number of aromatic nitrogens is 3. The quantitative estimate of drug-likeness (QED) is 0.686. The minimum atomic E-state index is -0.249. The molecule has 0 aliphatic carbocycles. The van der Waals surface area contributed by atoms with Crippen LogP contribution in [0.15, 0.2) is 12.1 Å². The summed E-state index contributed by atoms with van der Waals surface area (Å²) in [4.78, 5) is 0. The van der Waals surface area contributed by atoms with Crippen LogP contribution in [0.2, 0.25) is 0 Å². The van der Waals surface area contributed by atoms with Gasteiger partial charge in [-0.05, 0) is 34.7 Å².